The minimum absolute atomic E-state index is 0.206. The van der Waals surface area contributed by atoms with Crippen LogP contribution < -0.4 is 0 Å². The first-order valence-corrected chi connectivity index (χ1v) is 5.18. The van der Waals surface area contributed by atoms with Crippen LogP contribution in [0.3, 0.4) is 0 Å². The summed E-state index contributed by atoms with van der Waals surface area (Å²) in [4.78, 5) is 13.4. The number of carboxylic acids is 1. The van der Waals surface area contributed by atoms with Gasteiger partial charge in [0.15, 0.2) is 0 Å². The lowest BCUT2D eigenvalue weighted by Crippen LogP contribution is -1.94. The average Bonchev–Trinajstić information content (AvgIpc) is 2.66. The number of carboxylic acid groups (broad SMARTS) is 1. The zero-order valence-corrected chi connectivity index (χ0v) is 9.16. The number of H-pyrrole nitrogens is 1. The number of rotatable bonds is 3. The van der Waals surface area contributed by atoms with Crippen molar-refractivity contribution in [1.29, 1.82) is 0 Å². The van der Waals surface area contributed by atoms with Crippen molar-refractivity contribution in [2.24, 2.45) is 0 Å². The summed E-state index contributed by atoms with van der Waals surface area (Å²) < 4.78 is 0. The molecule has 0 bridgehead atoms. The molecule has 82 valence electrons. The van der Waals surface area contributed by atoms with E-state index in [-0.39, 0.29) is 5.69 Å². The summed E-state index contributed by atoms with van der Waals surface area (Å²) in [6.07, 6.45) is 2.37. The van der Waals surface area contributed by atoms with E-state index in [1.54, 1.807) is 12.3 Å². The van der Waals surface area contributed by atoms with Crippen molar-refractivity contribution in [3.8, 4) is 0 Å². The maximum atomic E-state index is 10.7. The zero-order chi connectivity index (χ0) is 11.5. The minimum Gasteiger partial charge on any atom is -0.477 e. The highest BCUT2D eigenvalue weighted by molar-refractivity contribution is 6.30. The number of aromatic carboxylic acids is 1. The monoisotopic (exact) mass is 235 g/mol. The number of nitrogens with one attached hydrogen (secondary N) is 1. The first-order chi connectivity index (χ1) is 7.65. The van der Waals surface area contributed by atoms with Gasteiger partial charge >= 0.3 is 5.97 Å². The Hall–Kier alpha value is -1.74. The molecule has 0 aliphatic carbocycles. The molecular weight excluding hydrogens is 226 g/mol. The highest BCUT2D eigenvalue weighted by Gasteiger charge is 2.06. The standard InChI is InChI=1S/C12H10ClNO2/c13-10-3-1-2-8(5-10)4-9-6-11(12(15)16)14-7-9/h1-3,5-7,14H,4H2,(H,15,16). The third-order valence-electron chi connectivity index (χ3n) is 2.27. The van der Waals surface area contributed by atoms with E-state index in [4.69, 9.17) is 16.7 Å². The summed E-state index contributed by atoms with van der Waals surface area (Å²) in [5, 5.41) is 9.44. The normalized spacial score (nSPS) is 10.3. The quantitative estimate of drug-likeness (QED) is 0.859. The van der Waals surface area contributed by atoms with E-state index in [9.17, 15) is 4.79 Å². The van der Waals surface area contributed by atoms with Gasteiger partial charge in [-0.05, 0) is 35.7 Å². The van der Waals surface area contributed by atoms with E-state index in [1.165, 1.54) is 0 Å². The lowest BCUT2D eigenvalue weighted by Gasteiger charge is -1.98. The Labute approximate surface area is 97.7 Å². The molecule has 0 aliphatic rings. The van der Waals surface area contributed by atoms with Crippen LogP contribution in [0.4, 0.5) is 0 Å². The van der Waals surface area contributed by atoms with Gasteiger partial charge in [-0.3, -0.25) is 0 Å². The van der Waals surface area contributed by atoms with Crippen LogP contribution in [0, 0.1) is 0 Å². The topological polar surface area (TPSA) is 53.1 Å². The highest BCUT2D eigenvalue weighted by Crippen LogP contribution is 2.15. The maximum Gasteiger partial charge on any atom is 0.352 e. The van der Waals surface area contributed by atoms with Crippen LogP contribution in [0.15, 0.2) is 36.5 Å². The highest BCUT2D eigenvalue weighted by atomic mass is 35.5. The van der Waals surface area contributed by atoms with Crippen LogP contribution in [0.1, 0.15) is 21.6 Å². The summed E-state index contributed by atoms with van der Waals surface area (Å²) in [7, 11) is 0. The summed E-state index contributed by atoms with van der Waals surface area (Å²) in [6.45, 7) is 0. The minimum atomic E-state index is -0.947. The number of aromatic amines is 1. The summed E-state index contributed by atoms with van der Waals surface area (Å²) in [6, 6.07) is 9.14. The van der Waals surface area contributed by atoms with Crippen LogP contribution in [0.5, 0.6) is 0 Å². The molecule has 0 atom stereocenters. The molecule has 0 spiro atoms. The number of benzene rings is 1. The van der Waals surface area contributed by atoms with Gasteiger partial charge in [0.05, 0.1) is 0 Å². The molecule has 2 rings (SSSR count). The van der Waals surface area contributed by atoms with Gasteiger partial charge in [-0.25, -0.2) is 4.79 Å². The molecule has 1 aromatic heterocycles. The van der Waals surface area contributed by atoms with Gasteiger partial charge in [-0.15, -0.1) is 0 Å². The van der Waals surface area contributed by atoms with Gasteiger partial charge in [0.2, 0.25) is 0 Å². The largest absolute Gasteiger partial charge is 0.477 e. The summed E-state index contributed by atoms with van der Waals surface area (Å²) >= 11 is 5.86. The fraction of sp³-hybridized carbons (Fsp3) is 0.0833. The van der Waals surface area contributed by atoms with E-state index in [0.717, 1.165) is 11.1 Å². The number of hydrogen-bond acceptors (Lipinski definition) is 1. The fourth-order valence-corrected chi connectivity index (χ4v) is 1.76. The first-order valence-electron chi connectivity index (χ1n) is 4.80. The molecule has 0 fully saturated rings. The van der Waals surface area contributed by atoms with Crippen LogP contribution in [0.2, 0.25) is 5.02 Å². The molecule has 2 N–H and O–H groups in total. The van der Waals surface area contributed by atoms with E-state index < -0.39 is 5.97 Å². The third-order valence-corrected chi connectivity index (χ3v) is 2.51. The molecule has 0 radical (unpaired) electrons. The predicted octanol–water partition coefficient (Wildman–Crippen LogP) is 2.96. The van der Waals surface area contributed by atoms with E-state index >= 15 is 0 Å². The van der Waals surface area contributed by atoms with Crippen molar-refractivity contribution in [2.45, 2.75) is 6.42 Å². The molecule has 2 aromatic rings. The van der Waals surface area contributed by atoms with Crippen LogP contribution in [0.25, 0.3) is 0 Å². The third kappa shape index (κ3) is 2.44. The number of hydrogen-bond donors (Lipinski definition) is 2. The molecule has 0 unspecified atom stereocenters. The molecule has 4 heteroatoms. The Morgan fingerprint density at radius 2 is 2.12 bits per heavy atom. The molecular formula is C12H10ClNO2. The van der Waals surface area contributed by atoms with Crippen molar-refractivity contribution in [2.75, 3.05) is 0 Å². The molecule has 16 heavy (non-hydrogen) atoms. The van der Waals surface area contributed by atoms with Crippen LogP contribution in [-0.4, -0.2) is 16.1 Å². The summed E-state index contributed by atoms with van der Waals surface area (Å²) in [5.41, 5.74) is 2.19. The van der Waals surface area contributed by atoms with E-state index in [1.807, 2.05) is 24.3 Å². The number of carbonyl (C=O) groups is 1. The molecule has 0 amide bonds. The molecule has 0 saturated carbocycles. The van der Waals surface area contributed by atoms with Crippen molar-refractivity contribution in [3.63, 3.8) is 0 Å². The van der Waals surface area contributed by atoms with Gasteiger partial charge in [-0.1, -0.05) is 23.7 Å². The second-order valence-corrected chi connectivity index (χ2v) is 3.97. The maximum absolute atomic E-state index is 10.7. The second-order valence-electron chi connectivity index (χ2n) is 3.53. The molecule has 0 saturated heterocycles. The van der Waals surface area contributed by atoms with Crippen LogP contribution in [-0.2, 0) is 6.42 Å². The molecule has 1 heterocycles. The number of aromatic nitrogens is 1. The van der Waals surface area contributed by atoms with Crippen LogP contribution >= 0.6 is 11.6 Å². The van der Waals surface area contributed by atoms with Gasteiger partial charge in [0.1, 0.15) is 5.69 Å². The number of halogens is 1. The fourth-order valence-electron chi connectivity index (χ4n) is 1.55. The lowest BCUT2D eigenvalue weighted by molar-refractivity contribution is 0.0691. The van der Waals surface area contributed by atoms with Gasteiger partial charge in [-0.2, -0.15) is 0 Å². The molecule has 0 aliphatic heterocycles. The lowest BCUT2D eigenvalue weighted by atomic mass is 10.1. The van der Waals surface area contributed by atoms with E-state index in [0.29, 0.717) is 11.4 Å². The first kappa shape index (κ1) is 10.8. The Morgan fingerprint density at radius 3 is 2.75 bits per heavy atom. The Kier molecular flexibility index (Phi) is 2.97. The second kappa shape index (κ2) is 4.41. The Morgan fingerprint density at radius 1 is 1.31 bits per heavy atom. The smallest absolute Gasteiger partial charge is 0.352 e. The zero-order valence-electron chi connectivity index (χ0n) is 8.40. The average molecular weight is 236 g/mol. The molecule has 3 nitrogen and oxygen atoms in total. The predicted molar refractivity (Wildman–Crippen MR) is 62.0 cm³/mol. The summed E-state index contributed by atoms with van der Waals surface area (Å²) in [5.74, 6) is -0.947. The van der Waals surface area contributed by atoms with Crippen molar-refractivity contribution >= 4 is 17.6 Å². The van der Waals surface area contributed by atoms with Gasteiger partial charge in [0, 0.05) is 11.2 Å². The molecule has 1 aromatic carbocycles. The Balaban J connectivity index is 2.17. The van der Waals surface area contributed by atoms with Crippen molar-refractivity contribution in [3.05, 3.63) is 58.4 Å². The Bertz CT molecular complexity index is 519. The van der Waals surface area contributed by atoms with E-state index in [2.05, 4.69) is 4.98 Å². The van der Waals surface area contributed by atoms with Gasteiger partial charge in [0.25, 0.3) is 0 Å². The van der Waals surface area contributed by atoms with Crippen molar-refractivity contribution < 1.29 is 9.90 Å². The SMILES string of the molecule is O=C(O)c1cc(Cc2cccc(Cl)c2)c[nH]1. The van der Waals surface area contributed by atoms with Crippen molar-refractivity contribution in [1.82, 2.24) is 4.98 Å². The van der Waals surface area contributed by atoms with Gasteiger partial charge < -0.3 is 10.1 Å².